The first-order chi connectivity index (χ1) is 5.18. The zero-order chi connectivity index (χ0) is 8.01. The monoisotopic (exact) mass is 157 g/mol. The highest BCUT2D eigenvalue weighted by Crippen LogP contribution is 2.36. The van der Waals surface area contributed by atoms with Crippen LogP contribution in [0.1, 0.15) is 13.3 Å². The third-order valence-corrected chi connectivity index (χ3v) is 2.41. The van der Waals surface area contributed by atoms with Gasteiger partial charge in [0.1, 0.15) is 6.17 Å². The number of nitrogens with zero attached hydrogens (tertiary/aromatic N) is 1. The summed E-state index contributed by atoms with van der Waals surface area (Å²) in [7, 11) is 0. The third kappa shape index (κ3) is 1.12. The van der Waals surface area contributed by atoms with Gasteiger partial charge in [-0.15, -0.1) is 0 Å². The van der Waals surface area contributed by atoms with Gasteiger partial charge in [0.05, 0.1) is 5.92 Å². The molecule has 0 aromatic rings. The van der Waals surface area contributed by atoms with E-state index in [1.54, 1.807) is 4.90 Å². The lowest BCUT2D eigenvalue weighted by Crippen LogP contribution is -2.49. The maximum Gasteiger partial charge on any atom is 0.228 e. The number of amides is 1. The van der Waals surface area contributed by atoms with Gasteiger partial charge in [-0.3, -0.25) is 4.79 Å². The highest BCUT2D eigenvalue weighted by atomic mass is 19.1. The van der Waals surface area contributed by atoms with Crippen LogP contribution in [0.5, 0.6) is 0 Å². The first-order valence-corrected chi connectivity index (χ1v) is 4.11. The minimum Gasteiger partial charge on any atom is -0.342 e. The Labute approximate surface area is 65.4 Å². The van der Waals surface area contributed by atoms with Gasteiger partial charge in [0.15, 0.2) is 0 Å². The number of hydrogen-bond donors (Lipinski definition) is 0. The van der Waals surface area contributed by atoms with Crippen molar-refractivity contribution in [1.29, 1.82) is 0 Å². The van der Waals surface area contributed by atoms with Crippen LogP contribution in [0.3, 0.4) is 0 Å². The Balaban J connectivity index is 1.83. The van der Waals surface area contributed by atoms with Crippen molar-refractivity contribution in [3.63, 3.8) is 0 Å². The van der Waals surface area contributed by atoms with E-state index in [2.05, 4.69) is 6.92 Å². The van der Waals surface area contributed by atoms with Crippen molar-refractivity contribution in [1.82, 2.24) is 4.90 Å². The van der Waals surface area contributed by atoms with Gasteiger partial charge in [0.2, 0.25) is 5.91 Å². The molecule has 1 unspecified atom stereocenters. The lowest BCUT2D eigenvalue weighted by molar-refractivity contribution is -0.138. The van der Waals surface area contributed by atoms with Crippen molar-refractivity contribution < 1.29 is 9.18 Å². The van der Waals surface area contributed by atoms with Crippen LogP contribution in [0.15, 0.2) is 0 Å². The van der Waals surface area contributed by atoms with Crippen molar-refractivity contribution in [2.45, 2.75) is 19.5 Å². The lowest BCUT2D eigenvalue weighted by atomic mass is 10.0. The molecule has 1 aliphatic heterocycles. The first kappa shape index (κ1) is 7.07. The highest BCUT2D eigenvalue weighted by Gasteiger charge is 2.47. The third-order valence-electron chi connectivity index (χ3n) is 2.41. The van der Waals surface area contributed by atoms with E-state index in [1.807, 2.05) is 0 Å². The summed E-state index contributed by atoms with van der Waals surface area (Å²) in [6.07, 6.45) is -0.373. The smallest absolute Gasteiger partial charge is 0.228 e. The molecule has 0 aromatic heterocycles. The lowest BCUT2D eigenvalue weighted by Gasteiger charge is -2.37. The summed E-state index contributed by atoms with van der Waals surface area (Å²) in [4.78, 5) is 13.0. The largest absolute Gasteiger partial charge is 0.342 e. The van der Waals surface area contributed by atoms with Crippen molar-refractivity contribution in [2.75, 3.05) is 13.1 Å². The van der Waals surface area contributed by atoms with Crippen molar-refractivity contribution in [3.05, 3.63) is 0 Å². The number of rotatable bonds is 1. The SMILES string of the molecule is CC1CN(C(=O)C2C[C@@H]2F)C1. The Morgan fingerprint density at radius 2 is 2.09 bits per heavy atom. The molecular formula is C8H12FNO. The Hall–Kier alpha value is -0.600. The molecular weight excluding hydrogens is 145 g/mol. The average molecular weight is 157 g/mol. The van der Waals surface area contributed by atoms with Gasteiger partial charge in [-0.1, -0.05) is 6.92 Å². The fraction of sp³-hybridized carbons (Fsp3) is 0.875. The molecule has 3 heteroatoms. The quantitative estimate of drug-likeness (QED) is 0.552. The van der Waals surface area contributed by atoms with Crippen LogP contribution in [-0.2, 0) is 4.79 Å². The van der Waals surface area contributed by atoms with Crippen LogP contribution in [-0.4, -0.2) is 30.1 Å². The van der Waals surface area contributed by atoms with Crippen LogP contribution < -0.4 is 0 Å². The maximum absolute atomic E-state index is 12.4. The summed E-state index contributed by atoms with van der Waals surface area (Å²) < 4.78 is 12.4. The second-order valence-corrected chi connectivity index (χ2v) is 3.71. The molecule has 2 aliphatic rings. The second-order valence-electron chi connectivity index (χ2n) is 3.71. The van der Waals surface area contributed by atoms with E-state index in [0.29, 0.717) is 12.3 Å². The van der Waals surface area contributed by atoms with E-state index in [9.17, 15) is 9.18 Å². The molecule has 2 nitrogen and oxygen atoms in total. The van der Waals surface area contributed by atoms with Gasteiger partial charge in [-0.25, -0.2) is 4.39 Å². The molecule has 0 spiro atoms. The zero-order valence-electron chi connectivity index (χ0n) is 6.59. The van der Waals surface area contributed by atoms with E-state index in [-0.39, 0.29) is 11.8 Å². The number of likely N-dealkylation sites (tertiary alicyclic amines) is 1. The predicted molar refractivity (Wildman–Crippen MR) is 38.7 cm³/mol. The molecule has 11 heavy (non-hydrogen) atoms. The van der Waals surface area contributed by atoms with E-state index in [0.717, 1.165) is 13.1 Å². The first-order valence-electron chi connectivity index (χ1n) is 4.11. The number of hydrogen-bond acceptors (Lipinski definition) is 1. The molecule has 2 atom stereocenters. The van der Waals surface area contributed by atoms with E-state index < -0.39 is 6.17 Å². The van der Waals surface area contributed by atoms with E-state index in [1.165, 1.54) is 0 Å². The Morgan fingerprint density at radius 3 is 2.45 bits per heavy atom. The summed E-state index contributed by atoms with van der Waals surface area (Å²) in [5.74, 6) is 0.383. The number of halogens is 1. The van der Waals surface area contributed by atoms with E-state index in [4.69, 9.17) is 0 Å². The molecule has 2 rings (SSSR count). The predicted octanol–water partition coefficient (Wildman–Crippen LogP) is 0.823. The van der Waals surface area contributed by atoms with Gasteiger partial charge >= 0.3 is 0 Å². The van der Waals surface area contributed by atoms with Gasteiger partial charge < -0.3 is 4.90 Å². The molecule has 0 aromatic carbocycles. The molecule has 1 heterocycles. The summed E-state index contributed by atoms with van der Waals surface area (Å²) in [6.45, 7) is 3.77. The maximum atomic E-state index is 12.4. The van der Waals surface area contributed by atoms with Crippen molar-refractivity contribution >= 4 is 5.91 Å². The van der Waals surface area contributed by atoms with Crippen LogP contribution in [0.2, 0.25) is 0 Å². The number of carbonyl (C=O) groups is 1. The second kappa shape index (κ2) is 2.19. The van der Waals surface area contributed by atoms with Crippen LogP contribution in [0.25, 0.3) is 0 Å². The Kier molecular flexibility index (Phi) is 1.41. The molecule has 1 saturated carbocycles. The summed E-state index contributed by atoms with van der Waals surface area (Å²) in [6, 6.07) is 0. The molecule has 0 bridgehead atoms. The standard InChI is InChI=1S/C8H12FNO/c1-5-3-10(4-5)8(11)6-2-7(6)9/h5-7H,2-4H2,1H3/t6?,7-/m0/s1. The van der Waals surface area contributed by atoms with Gasteiger partial charge in [-0.05, 0) is 12.3 Å². The fourth-order valence-corrected chi connectivity index (χ4v) is 1.53. The molecule has 0 N–H and O–H groups in total. The molecule has 62 valence electrons. The van der Waals surface area contributed by atoms with Crippen LogP contribution in [0, 0.1) is 11.8 Å². The number of alkyl halides is 1. The van der Waals surface area contributed by atoms with Crippen LogP contribution >= 0.6 is 0 Å². The summed E-state index contributed by atoms with van der Waals surface area (Å²) in [5, 5.41) is 0. The van der Waals surface area contributed by atoms with Gasteiger partial charge in [-0.2, -0.15) is 0 Å². The van der Waals surface area contributed by atoms with Crippen LogP contribution in [0.4, 0.5) is 4.39 Å². The minimum atomic E-state index is -0.835. The fourth-order valence-electron chi connectivity index (χ4n) is 1.53. The topological polar surface area (TPSA) is 20.3 Å². The average Bonchev–Trinajstić information content (AvgIpc) is 2.58. The van der Waals surface area contributed by atoms with Gasteiger partial charge in [0, 0.05) is 13.1 Å². The van der Waals surface area contributed by atoms with Crippen molar-refractivity contribution in [2.24, 2.45) is 11.8 Å². The molecule has 1 amide bonds. The van der Waals surface area contributed by atoms with E-state index >= 15 is 0 Å². The van der Waals surface area contributed by atoms with Gasteiger partial charge in [0.25, 0.3) is 0 Å². The Bertz CT molecular complexity index is 189. The minimum absolute atomic E-state index is 0.0376. The Morgan fingerprint density at radius 1 is 1.55 bits per heavy atom. The van der Waals surface area contributed by atoms with Crippen molar-refractivity contribution in [3.8, 4) is 0 Å². The molecule has 0 radical (unpaired) electrons. The highest BCUT2D eigenvalue weighted by molar-refractivity contribution is 5.82. The summed E-state index contributed by atoms with van der Waals surface area (Å²) >= 11 is 0. The normalized spacial score (nSPS) is 36.7. The molecule has 1 saturated heterocycles. The zero-order valence-corrected chi connectivity index (χ0v) is 6.59. The molecule has 1 aliphatic carbocycles. The molecule has 2 fully saturated rings. The summed E-state index contributed by atoms with van der Waals surface area (Å²) in [5.41, 5.74) is 0. The number of carbonyl (C=O) groups excluding carboxylic acids is 1.